The Kier molecular flexibility index (Phi) is 4.80. The van der Waals surface area contributed by atoms with Crippen LogP contribution in [0.5, 0.6) is 0 Å². The number of hydrogen-bond donors (Lipinski definition) is 5. The number of aliphatic hydroxyl groups excluding tert-OH is 3. The highest BCUT2D eigenvalue weighted by Crippen LogP contribution is 2.44. The van der Waals surface area contributed by atoms with E-state index in [1.807, 2.05) is 37.3 Å². The SMILES string of the molecule is CCN[C@@H]1[C@@H](O)[C@@H](O)[C@@H](CO)OC1(O)c1cccc2c1Cc1ccccc1-2. The van der Waals surface area contributed by atoms with Crippen LogP contribution in [0.2, 0.25) is 0 Å². The molecule has 0 bridgehead atoms. The van der Waals surface area contributed by atoms with E-state index in [0.29, 0.717) is 18.5 Å². The fraction of sp³-hybridized carbons (Fsp3) is 0.429. The maximum atomic E-state index is 11.6. The molecular weight excluding hydrogens is 346 g/mol. The average Bonchev–Trinajstić information content (AvgIpc) is 3.07. The Bertz CT molecular complexity index is 841. The van der Waals surface area contributed by atoms with Gasteiger partial charge in [0.1, 0.15) is 18.3 Å². The first-order valence-corrected chi connectivity index (χ1v) is 9.32. The maximum Gasteiger partial charge on any atom is 0.211 e. The smallest absolute Gasteiger partial charge is 0.211 e. The summed E-state index contributed by atoms with van der Waals surface area (Å²) in [6.07, 6.45) is -3.03. The zero-order valence-corrected chi connectivity index (χ0v) is 15.2. The minimum Gasteiger partial charge on any atom is -0.394 e. The summed E-state index contributed by atoms with van der Waals surface area (Å²) in [5, 5.41) is 45.1. The van der Waals surface area contributed by atoms with Crippen molar-refractivity contribution in [3.8, 4) is 11.1 Å². The van der Waals surface area contributed by atoms with Crippen LogP contribution in [0.3, 0.4) is 0 Å². The van der Waals surface area contributed by atoms with E-state index in [2.05, 4.69) is 11.4 Å². The minimum absolute atomic E-state index is 0.471. The van der Waals surface area contributed by atoms with Crippen molar-refractivity contribution in [1.29, 1.82) is 0 Å². The molecule has 6 nitrogen and oxygen atoms in total. The van der Waals surface area contributed by atoms with E-state index in [9.17, 15) is 20.4 Å². The van der Waals surface area contributed by atoms with Crippen molar-refractivity contribution in [3.63, 3.8) is 0 Å². The van der Waals surface area contributed by atoms with E-state index in [1.165, 1.54) is 5.56 Å². The first-order valence-electron chi connectivity index (χ1n) is 9.32. The summed E-state index contributed by atoms with van der Waals surface area (Å²) in [6, 6.07) is 12.8. The van der Waals surface area contributed by atoms with Gasteiger partial charge in [-0.25, -0.2) is 0 Å². The van der Waals surface area contributed by atoms with Crippen LogP contribution >= 0.6 is 0 Å². The Morgan fingerprint density at radius 1 is 1.07 bits per heavy atom. The zero-order valence-electron chi connectivity index (χ0n) is 15.2. The van der Waals surface area contributed by atoms with E-state index >= 15 is 0 Å². The van der Waals surface area contributed by atoms with Gasteiger partial charge in [-0.2, -0.15) is 0 Å². The van der Waals surface area contributed by atoms with Gasteiger partial charge in [0.15, 0.2) is 0 Å². The highest BCUT2D eigenvalue weighted by Gasteiger charge is 2.54. The summed E-state index contributed by atoms with van der Waals surface area (Å²) >= 11 is 0. The minimum atomic E-state index is -1.88. The van der Waals surface area contributed by atoms with E-state index in [1.54, 1.807) is 6.07 Å². The maximum absolute atomic E-state index is 11.6. The van der Waals surface area contributed by atoms with Gasteiger partial charge in [-0.15, -0.1) is 0 Å². The number of ether oxygens (including phenoxy) is 1. The van der Waals surface area contributed by atoms with Crippen LogP contribution in [0.1, 0.15) is 23.6 Å². The molecule has 1 fully saturated rings. The summed E-state index contributed by atoms with van der Waals surface area (Å²) in [7, 11) is 0. The molecule has 4 rings (SSSR count). The normalized spacial score (nSPS) is 32.2. The number of nitrogens with one attached hydrogen (secondary N) is 1. The second-order valence-corrected chi connectivity index (χ2v) is 7.22. The Morgan fingerprint density at radius 3 is 2.56 bits per heavy atom. The second-order valence-electron chi connectivity index (χ2n) is 7.22. The fourth-order valence-electron chi connectivity index (χ4n) is 4.37. The number of fused-ring (bicyclic) bond motifs is 3. The molecule has 0 amide bonds. The first-order chi connectivity index (χ1) is 13.0. The predicted molar refractivity (Wildman–Crippen MR) is 100 cm³/mol. The molecular formula is C21H25NO5. The lowest BCUT2D eigenvalue weighted by atomic mass is 9.83. The van der Waals surface area contributed by atoms with Gasteiger partial charge >= 0.3 is 0 Å². The van der Waals surface area contributed by atoms with E-state index < -0.39 is 36.7 Å². The van der Waals surface area contributed by atoms with Crippen LogP contribution in [0.25, 0.3) is 11.1 Å². The number of rotatable bonds is 4. The van der Waals surface area contributed by atoms with Crippen molar-refractivity contribution in [2.45, 2.75) is 43.5 Å². The third kappa shape index (κ3) is 2.81. The molecule has 1 heterocycles. The Labute approximate surface area is 158 Å². The highest BCUT2D eigenvalue weighted by molar-refractivity contribution is 5.78. The lowest BCUT2D eigenvalue weighted by molar-refractivity contribution is -0.328. The number of benzene rings is 2. The molecule has 27 heavy (non-hydrogen) atoms. The van der Waals surface area contributed by atoms with Crippen molar-refractivity contribution < 1.29 is 25.2 Å². The number of hydrogen-bond acceptors (Lipinski definition) is 6. The van der Waals surface area contributed by atoms with E-state index in [0.717, 1.165) is 16.7 Å². The van der Waals surface area contributed by atoms with Crippen molar-refractivity contribution in [3.05, 3.63) is 59.2 Å². The molecule has 0 aromatic heterocycles. The molecule has 144 valence electrons. The molecule has 0 radical (unpaired) electrons. The summed E-state index contributed by atoms with van der Waals surface area (Å²) in [5.41, 5.74) is 4.79. The first kappa shape index (κ1) is 18.6. The van der Waals surface area contributed by atoms with Gasteiger partial charge in [-0.1, -0.05) is 49.4 Å². The molecule has 1 unspecified atom stereocenters. The van der Waals surface area contributed by atoms with Crippen molar-refractivity contribution in [1.82, 2.24) is 5.32 Å². The van der Waals surface area contributed by atoms with E-state index in [4.69, 9.17) is 4.74 Å². The van der Waals surface area contributed by atoms with Crippen LogP contribution in [-0.2, 0) is 16.9 Å². The Hall–Kier alpha value is -1.80. The van der Waals surface area contributed by atoms with Gasteiger partial charge in [0.05, 0.1) is 12.6 Å². The molecule has 0 saturated carbocycles. The molecule has 2 aliphatic rings. The largest absolute Gasteiger partial charge is 0.394 e. The van der Waals surface area contributed by atoms with Crippen molar-refractivity contribution >= 4 is 0 Å². The monoisotopic (exact) mass is 371 g/mol. The molecule has 0 spiro atoms. The van der Waals surface area contributed by atoms with E-state index in [-0.39, 0.29) is 0 Å². The Balaban J connectivity index is 1.84. The lowest BCUT2D eigenvalue weighted by Crippen LogP contribution is -2.68. The van der Waals surface area contributed by atoms with Gasteiger partial charge in [-0.3, -0.25) is 0 Å². The molecule has 1 saturated heterocycles. The standard InChI is InChI=1S/C21H25NO5/c1-2-22-20-19(25)18(24)17(11-23)27-21(20,26)16-9-5-8-14-13-7-4-3-6-12(13)10-15(14)16/h3-9,17-20,22-26H,2,10-11H2,1H3/t17-,18+,19+,20-,21?/m1/s1. The van der Waals surface area contributed by atoms with Gasteiger partial charge in [0.25, 0.3) is 0 Å². The summed E-state index contributed by atoms with van der Waals surface area (Å²) in [5.74, 6) is -1.88. The van der Waals surface area contributed by atoms with Gasteiger partial charge in [0, 0.05) is 5.56 Å². The lowest BCUT2D eigenvalue weighted by Gasteiger charge is -2.48. The molecule has 5 atom stereocenters. The fourth-order valence-corrected chi connectivity index (χ4v) is 4.37. The molecule has 6 heteroatoms. The topological polar surface area (TPSA) is 102 Å². The van der Waals surface area contributed by atoms with Crippen LogP contribution in [0, 0.1) is 0 Å². The Morgan fingerprint density at radius 2 is 1.81 bits per heavy atom. The van der Waals surface area contributed by atoms with Crippen molar-refractivity contribution in [2.75, 3.05) is 13.2 Å². The summed E-state index contributed by atoms with van der Waals surface area (Å²) in [4.78, 5) is 0. The molecule has 2 aromatic rings. The number of aliphatic hydroxyl groups is 4. The average molecular weight is 371 g/mol. The van der Waals surface area contributed by atoms with Gasteiger partial charge in [0.2, 0.25) is 5.79 Å². The van der Waals surface area contributed by atoms with Crippen LogP contribution in [0.4, 0.5) is 0 Å². The van der Waals surface area contributed by atoms with Gasteiger partial charge < -0.3 is 30.5 Å². The molecule has 1 aliphatic heterocycles. The summed E-state index contributed by atoms with van der Waals surface area (Å²) < 4.78 is 5.81. The number of likely N-dealkylation sites (N-methyl/N-ethyl adjacent to an activating group) is 1. The van der Waals surface area contributed by atoms with Crippen LogP contribution in [0.15, 0.2) is 42.5 Å². The van der Waals surface area contributed by atoms with Crippen molar-refractivity contribution in [2.24, 2.45) is 0 Å². The summed E-state index contributed by atoms with van der Waals surface area (Å²) in [6.45, 7) is 1.82. The zero-order chi connectivity index (χ0) is 19.2. The second kappa shape index (κ2) is 6.98. The van der Waals surface area contributed by atoms with Gasteiger partial charge in [-0.05, 0) is 35.2 Å². The molecule has 2 aromatic carbocycles. The van der Waals surface area contributed by atoms with Crippen LogP contribution in [-0.4, -0.2) is 57.9 Å². The third-order valence-electron chi connectivity index (χ3n) is 5.67. The predicted octanol–water partition coefficient (Wildman–Crippen LogP) is 0.494. The highest BCUT2D eigenvalue weighted by atomic mass is 16.6. The molecule has 5 N–H and O–H groups in total. The quantitative estimate of drug-likeness (QED) is 0.458. The molecule has 1 aliphatic carbocycles. The third-order valence-corrected chi connectivity index (χ3v) is 5.67. The van der Waals surface area contributed by atoms with Crippen LogP contribution < -0.4 is 5.32 Å².